The quantitative estimate of drug-likeness (QED) is 0.675. The average Bonchev–Trinajstić information content (AvgIpc) is 2.37. The van der Waals surface area contributed by atoms with Gasteiger partial charge < -0.3 is 16.2 Å². The Kier molecular flexibility index (Phi) is 6.39. The number of amides is 1. The van der Waals surface area contributed by atoms with Gasteiger partial charge in [0.15, 0.2) is 0 Å². The van der Waals surface area contributed by atoms with Crippen molar-refractivity contribution in [1.29, 1.82) is 0 Å². The Morgan fingerprint density at radius 1 is 1.39 bits per heavy atom. The summed E-state index contributed by atoms with van der Waals surface area (Å²) in [7, 11) is 0. The smallest absolute Gasteiger partial charge is 0.224 e. The normalized spacial score (nSPS) is 12.2. The van der Waals surface area contributed by atoms with Gasteiger partial charge in [0.2, 0.25) is 5.91 Å². The molecular weight excluding hydrogens is 228 g/mol. The van der Waals surface area contributed by atoms with Gasteiger partial charge in [-0.15, -0.1) is 0 Å². The fraction of sp³-hybridized carbons (Fsp3) is 0.500. The molecule has 0 aliphatic rings. The van der Waals surface area contributed by atoms with Crippen LogP contribution in [0.2, 0.25) is 0 Å². The second kappa shape index (κ2) is 7.84. The van der Waals surface area contributed by atoms with Gasteiger partial charge in [-0.1, -0.05) is 37.6 Å². The van der Waals surface area contributed by atoms with Gasteiger partial charge in [-0.3, -0.25) is 4.79 Å². The zero-order valence-corrected chi connectivity index (χ0v) is 10.9. The molecule has 18 heavy (non-hydrogen) atoms. The van der Waals surface area contributed by atoms with E-state index in [1.165, 1.54) is 0 Å². The maximum absolute atomic E-state index is 11.7. The van der Waals surface area contributed by atoms with E-state index in [1.807, 2.05) is 31.2 Å². The third-order valence-corrected chi connectivity index (χ3v) is 2.85. The lowest BCUT2D eigenvalue weighted by Gasteiger charge is -2.12. The predicted octanol–water partition coefficient (Wildman–Crippen LogP) is 0.965. The van der Waals surface area contributed by atoms with Crippen LogP contribution in [-0.2, 0) is 17.8 Å². The highest BCUT2D eigenvalue weighted by Gasteiger charge is 2.08. The fourth-order valence-corrected chi connectivity index (χ4v) is 1.83. The molecule has 0 heterocycles. The van der Waals surface area contributed by atoms with E-state index in [1.54, 1.807) is 0 Å². The molecule has 4 N–H and O–H groups in total. The number of carbonyl (C=O) groups is 1. The standard InChI is InChI=1S/C14H22N2O2/c1-2-5-13(17)10-16-14(18)8-11-6-3-4-7-12(11)9-15/h3-4,6-7,13,17H,2,5,8-10,15H2,1H3,(H,16,18). The number of benzene rings is 1. The highest BCUT2D eigenvalue weighted by atomic mass is 16.3. The summed E-state index contributed by atoms with van der Waals surface area (Å²) in [5, 5.41) is 12.3. The Labute approximate surface area is 108 Å². The van der Waals surface area contributed by atoms with Crippen LogP contribution in [0, 0.1) is 0 Å². The summed E-state index contributed by atoms with van der Waals surface area (Å²) in [6.45, 7) is 2.75. The summed E-state index contributed by atoms with van der Waals surface area (Å²) < 4.78 is 0. The molecule has 0 aliphatic carbocycles. The van der Waals surface area contributed by atoms with Crippen molar-refractivity contribution in [3.63, 3.8) is 0 Å². The van der Waals surface area contributed by atoms with Crippen molar-refractivity contribution in [2.24, 2.45) is 5.73 Å². The van der Waals surface area contributed by atoms with Crippen LogP contribution in [0.25, 0.3) is 0 Å². The van der Waals surface area contributed by atoms with Crippen LogP contribution in [0.1, 0.15) is 30.9 Å². The Morgan fingerprint density at radius 2 is 2.06 bits per heavy atom. The van der Waals surface area contributed by atoms with Gasteiger partial charge in [0, 0.05) is 13.1 Å². The average molecular weight is 250 g/mol. The van der Waals surface area contributed by atoms with Crippen molar-refractivity contribution in [3.8, 4) is 0 Å². The molecule has 1 aromatic carbocycles. The molecule has 1 unspecified atom stereocenters. The molecule has 1 aromatic rings. The van der Waals surface area contributed by atoms with Crippen LogP contribution in [0.3, 0.4) is 0 Å². The third-order valence-electron chi connectivity index (χ3n) is 2.85. The largest absolute Gasteiger partial charge is 0.391 e. The monoisotopic (exact) mass is 250 g/mol. The first-order valence-electron chi connectivity index (χ1n) is 6.39. The maximum Gasteiger partial charge on any atom is 0.224 e. The molecule has 0 aliphatic heterocycles. The number of aliphatic hydroxyl groups is 1. The Hall–Kier alpha value is -1.39. The van der Waals surface area contributed by atoms with E-state index in [0.717, 1.165) is 17.5 Å². The van der Waals surface area contributed by atoms with E-state index in [4.69, 9.17) is 5.73 Å². The lowest BCUT2D eigenvalue weighted by Crippen LogP contribution is -2.33. The van der Waals surface area contributed by atoms with E-state index in [9.17, 15) is 9.90 Å². The van der Waals surface area contributed by atoms with E-state index < -0.39 is 6.10 Å². The minimum Gasteiger partial charge on any atom is -0.391 e. The van der Waals surface area contributed by atoms with Gasteiger partial charge in [0.05, 0.1) is 12.5 Å². The Morgan fingerprint density at radius 3 is 2.67 bits per heavy atom. The molecular formula is C14H22N2O2. The molecule has 0 saturated heterocycles. The summed E-state index contributed by atoms with van der Waals surface area (Å²) in [5.74, 6) is -0.0777. The summed E-state index contributed by atoms with van der Waals surface area (Å²) in [5.41, 5.74) is 7.55. The first-order chi connectivity index (χ1) is 8.67. The van der Waals surface area contributed by atoms with Crippen molar-refractivity contribution in [2.75, 3.05) is 6.54 Å². The molecule has 0 aromatic heterocycles. The number of hydrogen-bond acceptors (Lipinski definition) is 3. The number of nitrogens with two attached hydrogens (primary N) is 1. The van der Waals surface area contributed by atoms with Crippen molar-refractivity contribution in [1.82, 2.24) is 5.32 Å². The number of hydrogen-bond donors (Lipinski definition) is 3. The molecule has 4 nitrogen and oxygen atoms in total. The number of carbonyl (C=O) groups excluding carboxylic acids is 1. The SMILES string of the molecule is CCCC(O)CNC(=O)Cc1ccccc1CN. The molecule has 1 amide bonds. The lowest BCUT2D eigenvalue weighted by atomic mass is 10.0. The van der Waals surface area contributed by atoms with Crippen molar-refractivity contribution in [3.05, 3.63) is 35.4 Å². The highest BCUT2D eigenvalue weighted by Crippen LogP contribution is 2.08. The summed E-state index contributed by atoms with van der Waals surface area (Å²) >= 11 is 0. The second-order valence-corrected chi connectivity index (χ2v) is 4.40. The zero-order valence-electron chi connectivity index (χ0n) is 10.9. The summed E-state index contributed by atoms with van der Waals surface area (Å²) in [6, 6.07) is 7.64. The van der Waals surface area contributed by atoms with Crippen molar-refractivity contribution >= 4 is 5.91 Å². The number of rotatable bonds is 7. The molecule has 4 heteroatoms. The molecule has 0 fully saturated rings. The zero-order chi connectivity index (χ0) is 13.4. The second-order valence-electron chi connectivity index (χ2n) is 4.40. The fourth-order valence-electron chi connectivity index (χ4n) is 1.83. The van der Waals surface area contributed by atoms with Crippen LogP contribution in [0.15, 0.2) is 24.3 Å². The van der Waals surface area contributed by atoms with Gasteiger partial charge in [0.25, 0.3) is 0 Å². The molecule has 1 rings (SSSR count). The molecule has 0 saturated carbocycles. The molecule has 1 atom stereocenters. The van der Waals surface area contributed by atoms with Crippen LogP contribution in [0.5, 0.6) is 0 Å². The highest BCUT2D eigenvalue weighted by molar-refractivity contribution is 5.78. The molecule has 0 bridgehead atoms. The lowest BCUT2D eigenvalue weighted by molar-refractivity contribution is -0.120. The molecule has 0 spiro atoms. The van der Waals surface area contributed by atoms with E-state index in [2.05, 4.69) is 5.32 Å². The first-order valence-corrected chi connectivity index (χ1v) is 6.39. The van der Waals surface area contributed by atoms with Gasteiger partial charge >= 0.3 is 0 Å². The van der Waals surface area contributed by atoms with Gasteiger partial charge in [-0.05, 0) is 17.5 Å². The maximum atomic E-state index is 11.7. The molecule has 0 radical (unpaired) electrons. The van der Waals surface area contributed by atoms with Crippen molar-refractivity contribution < 1.29 is 9.90 Å². The molecule has 100 valence electrons. The number of nitrogens with one attached hydrogen (secondary N) is 1. The summed E-state index contributed by atoms with van der Waals surface area (Å²) in [4.78, 5) is 11.7. The summed E-state index contributed by atoms with van der Waals surface area (Å²) in [6.07, 6.45) is 1.47. The van der Waals surface area contributed by atoms with E-state index in [-0.39, 0.29) is 5.91 Å². The van der Waals surface area contributed by atoms with Crippen molar-refractivity contribution in [2.45, 2.75) is 38.8 Å². The van der Waals surface area contributed by atoms with Crippen LogP contribution in [-0.4, -0.2) is 23.7 Å². The van der Waals surface area contributed by atoms with Gasteiger partial charge in [0.1, 0.15) is 0 Å². The van der Waals surface area contributed by atoms with Gasteiger partial charge in [-0.25, -0.2) is 0 Å². The topological polar surface area (TPSA) is 75.3 Å². The van der Waals surface area contributed by atoms with Crippen LogP contribution < -0.4 is 11.1 Å². The minimum absolute atomic E-state index is 0.0777. The minimum atomic E-state index is -0.455. The van der Waals surface area contributed by atoms with E-state index >= 15 is 0 Å². The Balaban J connectivity index is 2.44. The predicted molar refractivity (Wildman–Crippen MR) is 72.0 cm³/mol. The Bertz CT molecular complexity index is 380. The number of aliphatic hydroxyl groups excluding tert-OH is 1. The van der Waals surface area contributed by atoms with Gasteiger partial charge in [-0.2, -0.15) is 0 Å². The van der Waals surface area contributed by atoms with Crippen LogP contribution >= 0.6 is 0 Å². The van der Waals surface area contributed by atoms with Crippen LogP contribution in [0.4, 0.5) is 0 Å². The third kappa shape index (κ3) is 4.85. The first kappa shape index (κ1) is 14.7. The van der Waals surface area contributed by atoms with E-state index in [0.29, 0.717) is 25.9 Å².